The summed E-state index contributed by atoms with van der Waals surface area (Å²) in [7, 11) is 0. The van der Waals surface area contributed by atoms with E-state index in [4.69, 9.17) is 11.2 Å². The Hall–Kier alpha value is -4.91. The molecule has 0 spiro atoms. The zero-order valence-electron chi connectivity index (χ0n) is 23.6. The molecule has 0 saturated carbocycles. The summed E-state index contributed by atoms with van der Waals surface area (Å²) in [6, 6.07) is 24.3. The number of aryl methyl sites for hydroxylation is 3. The number of aromatic nitrogens is 7. The fourth-order valence-electron chi connectivity index (χ4n) is 3.59. The third-order valence-corrected chi connectivity index (χ3v) is 5.57. The van der Waals surface area contributed by atoms with E-state index in [2.05, 4.69) is 37.1 Å². The molecule has 0 saturated heterocycles. The molecule has 0 aliphatic rings. The Kier molecular flexibility index (Phi) is 12.3. The minimum absolute atomic E-state index is 0. The minimum atomic E-state index is 0. The Morgan fingerprint density at radius 2 is 1.29 bits per heavy atom. The zero-order chi connectivity index (χ0) is 28.9. The number of terminal acetylenes is 1. The van der Waals surface area contributed by atoms with Crippen molar-refractivity contribution in [2.45, 2.75) is 20.8 Å². The molecule has 0 N–H and O–H groups in total. The number of ether oxygens (including phenoxy) is 1. The van der Waals surface area contributed by atoms with Crippen LogP contribution in [0.1, 0.15) is 16.7 Å². The van der Waals surface area contributed by atoms with E-state index in [1.165, 1.54) is 16.7 Å². The number of benzene rings is 1. The van der Waals surface area contributed by atoms with Gasteiger partial charge in [0.05, 0.1) is 0 Å². The first-order chi connectivity index (χ1) is 20.0. The maximum atomic E-state index is 5.36. The van der Waals surface area contributed by atoms with E-state index >= 15 is 0 Å². The average molecular weight is 731 g/mol. The summed E-state index contributed by atoms with van der Waals surface area (Å²) in [5, 5.41) is 8.16. The summed E-state index contributed by atoms with van der Waals surface area (Å²) in [4.78, 5) is 12.7. The van der Waals surface area contributed by atoms with Gasteiger partial charge in [0.1, 0.15) is 6.61 Å². The van der Waals surface area contributed by atoms with Crippen molar-refractivity contribution in [2.75, 3.05) is 6.61 Å². The van der Waals surface area contributed by atoms with Gasteiger partial charge < -0.3 is 9.72 Å². The van der Waals surface area contributed by atoms with Crippen LogP contribution in [0.3, 0.4) is 0 Å². The van der Waals surface area contributed by atoms with Crippen LogP contribution in [-0.2, 0) is 19.8 Å². The number of hydrogen-bond acceptors (Lipinski definition) is 6. The zero-order valence-corrected chi connectivity index (χ0v) is 26.1. The Morgan fingerprint density at radius 1 is 0.738 bits per heavy atom. The van der Waals surface area contributed by atoms with Crippen molar-refractivity contribution < 1.29 is 24.5 Å². The summed E-state index contributed by atoms with van der Waals surface area (Å²) in [6.45, 7) is 6.37. The molecule has 42 heavy (non-hydrogen) atoms. The molecule has 0 unspecified atom stereocenters. The van der Waals surface area contributed by atoms with Crippen LogP contribution >= 0.6 is 0 Å². The largest absolute Gasteiger partial charge is 1.00 e. The third kappa shape index (κ3) is 9.62. The van der Waals surface area contributed by atoms with Gasteiger partial charge in [-0.15, -0.1) is 36.3 Å². The van der Waals surface area contributed by atoms with Crippen molar-refractivity contribution in [2.24, 2.45) is 0 Å². The number of hydrogen-bond donors (Lipinski definition) is 0. The van der Waals surface area contributed by atoms with E-state index in [0.29, 0.717) is 0 Å². The van der Waals surface area contributed by atoms with E-state index in [1.54, 1.807) is 40.3 Å². The standard InChI is InChI=1S/C15H12NO.2C9H9N3.Os/c1-3-9-17-14-6-4-5-13(11-14)15-10-12(2)7-8-16-15;2*1-8-3-5-10-9(7-8)12-6-2-4-11-12;/h1,4,6-8,10-11H,9H2,2H3;2*2-7H,1H3;/q-1;;;+1. The summed E-state index contributed by atoms with van der Waals surface area (Å²) < 4.78 is 8.85. The normalized spacial score (nSPS) is 9.67. The Balaban J connectivity index is 0.000000175. The molecule has 6 aromatic rings. The molecule has 9 heteroatoms. The van der Waals surface area contributed by atoms with Crippen LogP contribution in [0, 0.1) is 39.2 Å². The number of rotatable bonds is 5. The molecule has 0 fully saturated rings. The monoisotopic (exact) mass is 732 g/mol. The predicted octanol–water partition coefficient (Wildman–Crippen LogP) is 6.02. The second kappa shape index (κ2) is 16.4. The molecule has 5 heterocycles. The van der Waals surface area contributed by atoms with Gasteiger partial charge in [-0.3, -0.25) is 0 Å². The summed E-state index contributed by atoms with van der Waals surface area (Å²) in [5.74, 6) is 4.89. The maximum Gasteiger partial charge on any atom is 1.00 e. The van der Waals surface area contributed by atoms with Crippen molar-refractivity contribution in [3.63, 3.8) is 0 Å². The van der Waals surface area contributed by atoms with Crippen LogP contribution in [0.4, 0.5) is 0 Å². The Labute approximate surface area is 259 Å². The van der Waals surface area contributed by atoms with E-state index < -0.39 is 0 Å². The average Bonchev–Trinajstić information content (AvgIpc) is 3.73. The topological polar surface area (TPSA) is 83.5 Å². The molecule has 0 bridgehead atoms. The minimum Gasteiger partial charge on any atom is -0.500 e. The SMILES string of the molecule is C#CCOc1cc[c-]c(-c2cc(C)ccn2)c1.Cc1ccnc(-n2cccn2)c1.Cc1ccnc(-n2cccn2)c1.[Os+]. The van der Waals surface area contributed by atoms with Crippen LogP contribution in [-0.4, -0.2) is 41.1 Å². The van der Waals surface area contributed by atoms with Gasteiger partial charge in [0.25, 0.3) is 0 Å². The molecule has 0 aliphatic heterocycles. The molecule has 6 rings (SSSR count). The fourth-order valence-corrected chi connectivity index (χ4v) is 3.59. The van der Waals surface area contributed by atoms with Gasteiger partial charge in [0.2, 0.25) is 0 Å². The van der Waals surface area contributed by atoms with Gasteiger partial charge >= 0.3 is 19.8 Å². The fraction of sp³-hybridized carbons (Fsp3) is 0.121. The Morgan fingerprint density at radius 3 is 1.76 bits per heavy atom. The van der Waals surface area contributed by atoms with Crippen molar-refractivity contribution in [3.8, 4) is 41.0 Å². The summed E-state index contributed by atoms with van der Waals surface area (Å²) in [6.07, 6.45) is 17.7. The second-order valence-corrected chi connectivity index (χ2v) is 8.93. The van der Waals surface area contributed by atoms with Crippen LogP contribution in [0.2, 0.25) is 0 Å². The first-order valence-electron chi connectivity index (χ1n) is 12.9. The summed E-state index contributed by atoms with van der Waals surface area (Å²) in [5.41, 5.74) is 5.34. The van der Waals surface area contributed by atoms with Gasteiger partial charge in [-0.1, -0.05) is 17.6 Å². The van der Waals surface area contributed by atoms with Gasteiger partial charge in [0.15, 0.2) is 11.6 Å². The van der Waals surface area contributed by atoms with Gasteiger partial charge in [-0.05, 0) is 80.1 Å². The molecule has 1 aromatic carbocycles. The Bertz CT molecular complexity index is 1620. The van der Waals surface area contributed by atoms with E-state index in [1.807, 2.05) is 99.9 Å². The van der Waals surface area contributed by atoms with Gasteiger partial charge in [0, 0.05) is 49.1 Å². The van der Waals surface area contributed by atoms with E-state index in [9.17, 15) is 0 Å². The van der Waals surface area contributed by atoms with Crippen molar-refractivity contribution >= 4 is 0 Å². The van der Waals surface area contributed by atoms with Gasteiger partial charge in [-0.2, -0.15) is 10.2 Å². The number of pyridine rings is 3. The quantitative estimate of drug-likeness (QED) is 0.160. The van der Waals surface area contributed by atoms with Crippen molar-refractivity contribution in [1.82, 2.24) is 34.5 Å². The van der Waals surface area contributed by atoms with Crippen LogP contribution in [0.15, 0.2) is 110 Å². The molecule has 1 radical (unpaired) electrons. The van der Waals surface area contributed by atoms with Crippen LogP contribution in [0.25, 0.3) is 22.9 Å². The molecular formula is C33H30N7OOs. The maximum absolute atomic E-state index is 5.36. The van der Waals surface area contributed by atoms with Crippen LogP contribution < -0.4 is 4.74 Å². The van der Waals surface area contributed by atoms with E-state index in [-0.39, 0.29) is 26.4 Å². The first-order valence-corrected chi connectivity index (χ1v) is 12.9. The van der Waals surface area contributed by atoms with Crippen LogP contribution in [0.5, 0.6) is 5.75 Å². The molecule has 211 valence electrons. The third-order valence-electron chi connectivity index (χ3n) is 5.57. The molecule has 8 nitrogen and oxygen atoms in total. The molecule has 5 aromatic heterocycles. The first kappa shape index (κ1) is 31.6. The second-order valence-electron chi connectivity index (χ2n) is 8.93. The molecule has 0 atom stereocenters. The molecule has 0 aliphatic carbocycles. The summed E-state index contributed by atoms with van der Waals surface area (Å²) >= 11 is 0. The van der Waals surface area contributed by atoms with Crippen molar-refractivity contribution in [1.29, 1.82) is 0 Å². The van der Waals surface area contributed by atoms with Gasteiger partial charge in [-0.25, -0.2) is 19.3 Å². The predicted molar refractivity (Wildman–Crippen MR) is 160 cm³/mol. The van der Waals surface area contributed by atoms with E-state index in [0.717, 1.165) is 28.6 Å². The smallest absolute Gasteiger partial charge is 0.500 e. The van der Waals surface area contributed by atoms with Crippen molar-refractivity contribution in [3.05, 3.63) is 133 Å². The molecule has 0 amide bonds. The number of nitrogens with zero attached hydrogens (tertiary/aromatic N) is 7. The molecular weight excluding hydrogens is 701 g/mol.